The standard InChI is InChI=1S/C14H30N4/c1-16-7-4-13(10-16)5-8-17(2)11-14-12-18(3)9-6-15-14/h13-15H,4-12H2,1-3H3. The highest BCUT2D eigenvalue weighted by Gasteiger charge is 2.21. The highest BCUT2D eigenvalue weighted by molar-refractivity contribution is 4.80. The Kier molecular flexibility index (Phi) is 5.42. The fourth-order valence-corrected chi connectivity index (χ4v) is 3.25. The second kappa shape index (κ2) is 6.85. The minimum Gasteiger partial charge on any atom is -0.310 e. The molecule has 4 nitrogen and oxygen atoms in total. The van der Waals surface area contributed by atoms with Gasteiger partial charge in [0.05, 0.1) is 0 Å². The molecule has 2 fully saturated rings. The van der Waals surface area contributed by atoms with Crippen molar-refractivity contribution in [1.29, 1.82) is 0 Å². The zero-order valence-corrected chi connectivity index (χ0v) is 12.4. The van der Waals surface area contributed by atoms with Crippen LogP contribution in [0, 0.1) is 5.92 Å². The van der Waals surface area contributed by atoms with Crippen LogP contribution in [0.15, 0.2) is 0 Å². The lowest BCUT2D eigenvalue weighted by atomic mass is 10.0. The van der Waals surface area contributed by atoms with E-state index in [1.54, 1.807) is 0 Å². The van der Waals surface area contributed by atoms with Crippen molar-refractivity contribution >= 4 is 0 Å². The van der Waals surface area contributed by atoms with Gasteiger partial charge in [-0.3, -0.25) is 0 Å². The highest BCUT2D eigenvalue weighted by atomic mass is 15.2. The maximum atomic E-state index is 3.62. The summed E-state index contributed by atoms with van der Waals surface area (Å²) in [6.45, 7) is 8.56. The fraction of sp³-hybridized carbons (Fsp3) is 1.00. The van der Waals surface area contributed by atoms with E-state index in [0.717, 1.165) is 12.5 Å². The Balaban J connectivity index is 1.61. The average Bonchev–Trinajstić information content (AvgIpc) is 2.73. The van der Waals surface area contributed by atoms with Crippen LogP contribution in [-0.4, -0.2) is 87.7 Å². The van der Waals surface area contributed by atoms with Crippen LogP contribution in [0.25, 0.3) is 0 Å². The molecule has 0 saturated carbocycles. The van der Waals surface area contributed by atoms with Gasteiger partial charge in [-0.25, -0.2) is 0 Å². The molecule has 0 aromatic rings. The summed E-state index contributed by atoms with van der Waals surface area (Å²) < 4.78 is 0. The Hall–Kier alpha value is -0.160. The number of hydrogen-bond acceptors (Lipinski definition) is 4. The van der Waals surface area contributed by atoms with Gasteiger partial charge >= 0.3 is 0 Å². The molecule has 1 N–H and O–H groups in total. The summed E-state index contributed by atoms with van der Waals surface area (Å²) in [5, 5.41) is 3.62. The van der Waals surface area contributed by atoms with Gasteiger partial charge in [-0.05, 0) is 53.0 Å². The Morgan fingerprint density at radius 1 is 1.17 bits per heavy atom. The second-order valence-electron chi connectivity index (χ2n) is 6.38. The molecule has 2 aliphatic heterocycles. The van der Waals surface area contributed by atoms with Gasteiger partial charge in [0.15, 0.2) is 0 Å². The van der Waals surface area contributed by atoms with Crippen molar-refractivity contribution in [3.05, 3.63) is 0 Å². The van der Waals surface area contributed by atoms with E-state index in [1.165, 1.54) is 52.1 Å². The minimum atomic E-state index is 0.653. The average molecular weight is 254 g/mol. The molecule has 2 saturated heterocycles. The summed E-state index contributed by atoms with van der Waals surface area (Å²) in [4.78, 5) is 7.40. The van der Waals surface area contributed by atoms with E-state index in [0.29, 0.717) is 6.04 Å². The van der Waals surface area contributed by atoms with Gasteiger partial charge in [-0.2, -0.15) is 0 Å². The van der Waals surface area contributed by atoms with E-state index in [1.807, 2.05) is 0 Å². The third kappa shape index (κ3) is 4.50. The SMILES string of the molecule is CN1CCC(CCN(C)CC2CN(C)CCN2)C1. The molecule has 0 spiro atoms. The molecular formula is C14H30N4. The maximum absolute atomic E-state index is 3.62. The quantitative estimate of drug-likeness (QED) is 0.755. The Bertz CT molecular complexity index is 246. The lowest BCUT2D eigenvalue weighted by molar-refractivity contribution is 0.190. The van der Waals surface area contributed by atoms with Crippen LogP contribution < -0.4 is 5.32 Å². The van der Waals surface area contributed by atoms with Crippen molar-refractivity contribution in [2.24, 2.45) is 5.92 Å². The first-order chi connectivity index (χ1) is 8.63. The Morgan fingerprint density at radius 3 is 2.61 bits per heavy atom. The summed E-state index contributed by atoms with van der Waals surface area (Å²) in [5.41, 5.74) is 0. The number of likely N-dealkylation sites (N-methyl/N-ethyl adjacent to an activating group) is 2. The third-order valence-corrected chi connectivity index (χ3v) is 4.40. The molecule has 2 unspecified atom stereocenters. The number of hydrogen-bond donors (Lipinski definition) is 1. The maximum Gasteiger partial charge on any atom is 0.0322 e. The van der Waals surface area contributed by atoms with Crippen LogP contribution in [0.4, 0.5) is 0 Å². The zero-order valence-electron chi connectivity index (χ0n) is 12.4. The van der Waals surface area contributed by atoms with Crippen LogP contribution in [0.2, 0.25) is 0 Å². The summed E-state index contributed by atoms with van der Waals surface area (Å²) in [6, 6.07) is 0.653. The first kappa shape index (κ1) is 14.3. The van der Waals surface area contributed by atoms with Crippen molar-refractivity contribution in [1.82, 2.24) is 20.0 Å². The first-order valence-corrected chi connectivity index (χ1v) is 7.42. The van der Waals surface area contributed by atoms with E-state index in [4.69, 9.17) is 0 Å². The lowest BCUT2D eigenvalue weighted by Crippen LogP contribution is -2.53. The lowest BCUT2D eigenvalue weighted by Gasteiger charge is -2.33. The van der Waals surface area contributed by atoms with Crippen LogP contribution in [-0.2, 0) is 0 Å². The molecule has 0 radical (unpaired) electrons. The molecule has 4 heteroatoms. The van der Waals surface area contributed by atoms with Gasteiger partial charge in [0.25, 0.3) is 0 Å². The van der Waals surface area contributed by atoms with Gasteiger partial charge in [0, 0.05) is 38.8 Å². The van der Waals surface area contributed by atoms with Crippen LogP contribution >= 0.6 is 0 Å². The van der Waals surface area contributed by atoms with Gasteiger partial charge in [-0.1, -0.05) is 0 Å². The van der Waals surface area contributed by atoms with Gasteiger partial charge < -0.3 is 20.0 Å². The zero-order chi connectivity index (χ0) is 13.0. The molecule has 2 aliphatic rings. The summed E-state index contributed by atoms with van der Waals surface area (Å²) in [5.74, 6) is 0.930. The topological polar surface area (TPSA) is 21.8 Å². The molecule has 0 amide bonds. The predicted octanol–water partition coefficient (Wildman–Crippen LogP) is 0.164. The third-order valence-electron chi connectivity index (χ3n) is 4.40. The molecule has 0 bridgehead atoms. The Morgan fingerprint density at radius 2 is 1.94 bits per heavy atom. The molecule has 2 atom stereocenters. The van der Waals surface area contributed by atoms with Crippen molar-refractivity contribution in [3.63, 3.8) is 0 Å². The van der Waals surface area contributed by atoms with Crippen molar-refractivity contribution < 1.29 is 0 Å². The van der Waals surface area contributed by atoms with E-state index >= 15 is 0 Å². The molecule has 18 heavy (non-hydrogen) atoms. The number of nitrogens with zero attached hydrogens (tertiary/aromatic N) is 3. The number of piperazine rings is 1. The summed E-state index contributed by atoms with van der Waals surface area (Å²) in [6.07, 6.45) is 2.76. The first-order valence-electron chi connectivity index (χ1n) is 7.42. The summed E-state index contributed by atoms with van der Waals surface area (Å²) in [7, 11) is 6.74. The van der Waals surface area contributed by atoms with E-state index in [2.05, 4.69) is 41.2 Å². The Labute approximate surface area is 112 Å². The van der Waals surface area contributed by atoms with Crippen molar-refractivity contribution in [3.8, 4) is 0 Å². The van der Waals surface area contributed by atoms with Gasteiger partial charge in [-0.15, -0.1) is 0 Å². The normalized spacial score (nSPS) is 31.3. The minimum absolute atomic E-state index is 0.653. The predicted molar refractivity (Wildman–Crippen MR) is 77.0 cm³/mol. The van der Waals surface area contributed by atoms with Gasteiger partial charge in [0.2, 0.25) is 0 Å². The monoisotopic (exact) mass is 254 g/mol. The molecule has 2 rings (SSSR count). The molecular weight excluding hydrogens is 224 g/mol. The largest absolute Gasteiger partial charge is 0.310 e. The second-order valence-corrected chi connectivity index (χ2v) is 6.38. The fourth-order valence-electron chi connectivity index (χ4n) is 3.25. The number of likely N-dealkylation sites (tertiary alicyclic amines) is 1. The number of rotatable bonds is 5. The van der Waals surface area contributed by atoms with E-state index in [9.17, 15) is 0 Å². The van der Waals surface area contributed by atoms with Gasteiger partial charge in [0.1, 0.15) is 0 Å². The van der Waals surface area contributed by atoms with Crippen molar-refractivity contribution in [2.75, 3.05) is 67.0 Å². The smallest absolute Gasteiger partial charge is 0.0322 e. The molecule has 0 aromatic carbocycles. The molecule has 0 aromatic heterocycles. The van der Waals surface area contributed by atoms with Crippen molar-refractivity contribution in [2.45, 2.75) is 18.9 Å². The number of nitrogens with one attached hydrogen (secondary N) is 1. The summed E-state index contributed by atoms with van der Waals surface area (Å²) >= 11 is 0. The van der Waals surface area contributed by atoms with E-state index < -0.39 is 0 Å². The highest BCUT2D eigenvalue weighted by Crippen LogP contribution is 2.18. The molecule has 0 aliphatic carbocycles. The van der Waals surface area contributed by atoms with Crippen LogP contribution in [0.5, 0.6) is 0 Å². The molecule has 2 heterocycles. The van der Waals surface area contributed by atoms with E-state index in [-0.39, 0.29) is 0 Å². The van der Waals surface area contributed by atoms with Crippen LogP contribution in [0.1, 0.15) is 12.8 Å². The molecule has 106 valence electrons. The van der Waals surface area contributed by atoms with Crippen LogP contribution in [0.3, 0.4) is 0 Å².